The van der Waals surface area contributed by atoms with E-state index < -0.39 is 0 Å². The van der Waals surface area contributed by atoms with Gasteiger partial charge < -0.3 is 10.2 Å². The summed E-state index contributed by atoms with van der Waals surface area (Å²) in [5.74, 6) is 0. The van der Waals surface area contributed by atoms with Crippen molar-refractivity contribution in [3.63, 3.8) is 0 Å². The Morgan fingerprint density at radius 3 is 2.76 bits per heavy atom. The van der Waals surface area contributed by atoms with Crippen LogP contribution in [0.2, 0.25) is 0 Å². The van der Waals surface area contributed by atoms with Crippen LogP contribution in [0.3, 0.4) is 0 Å². The first-order valence-electron chi connectivity index (χ1n) is 8.51. The molecule has 0 fully saturated rings. The smallest absolute Gasteiger partial charge is 0.0399 e. The highest BCUT2D eigenvalue weighted by Gasteiger charge is 2.27. The summed E-state index contributed by atoms with van der Waals surface area (Å²) in [6.07, 6.45) is 3.73. The fraction of sp³-hybridized carbons (Fsp3) is 0.684. The SMILES string of the molecule is CCC(C)(CNC(C)C)CN1CCCc2cc(C)ccc21. The van der Waals surface area contributed by atoms with Gasteiger partial charge in [-0.1, -0.05) is 45.4 Å². The number of nitrogens with zero attached hydrogens (tertiary/aromatic N) is 1. The van der Waals surface area contributed by atoms with Crippen LogP contribution in [0.4, 0.5) is 5.69 Å². The van der Waals surface area contributed by atoms with Crippen LogP contribution in [-0.2, 0) is 6.42 Å². The number of fused-ring (bicyclic) bond motifs is 1. The van der Waals surface area contributed by atoms with E-state index in [-0.39, 0.29) is 0 Å². The van der Waals surface area contributed by atoms with Crippen LogP contribution < -0.4 is 10.2 Å². The first-order chi connectivity index (χ1) is 9.93. The third-order valence-electron chi connectivity index (χ3n) is 4.81. The van der Waals surface area contributed by atoms with Gasteiger partial charge in [0.25, 0.3) is 0 Å². The van der Waals surface area contributed by atoms with Gasteiger partial charge in [-0.3, -0.25) is 0 Å². The van der Waals surface area contributed by atoms with Gasteiger partial charge in [0, 0.05) is 31.4 Å². The highest BCUT2D eigenvalue weighted by molar-refractivity contribution is 5.56. The van der Waals surface area contributed by atoms with Gasteiger partial charge in [0.1, 0.15) is 0 Å². The lowest BCUT2D eigenvalue weighted by atomic mass is 9.85. The summed E-state index contributed by atoms with van der Waals surface area (Å²) in [7, 11) is 0. The number of rotatable bonds is 6. The van der Waals surface area contributed by atoms with Crippen molar-refractivity contribution < 1.29 is 0 Å². The Balaban J connectivity index is 2.12. The maximum atomic E-state index is 3.63. The molecule has 0 aromatic heterocycles. The third-order valence-corrected chi connectivity index (χ3v) is 4.81. The zero-order chi connectivity index (χ0) is 15.5. The van der Waals surface area contributed by atoms with Crippen LogP contribution in [0.15, 0.2) is 18.2 Å². The lowest BCUT2D eigenvalue weighted by Gasteiger charge is -2.40. The second-order valence-electron chi connectivity index (χ2n) is 7.36. The van der Waals surface area contributed by atoms with E-state index >= 15 is 0 Å². The number of nitrogens with one attached hydrogen (secondary N) is 1. The van der Waals surface area contributed by atoms with Crippen molar-refractivity contribution in [2.45, 2.75) is 59.9 Å². The molecular weight excluding hydrogens is 256 g/mol. The molecule has 0 amide bonds. The van der Waals surface area contributed by atoms with Gasteiger partial charge in [-0.05, 0) is 43.2 Å². The van der Waals surface area contributed by atoms with Crippen LogP contribution in [0.1, 0.15) is 51.7 Å². The number of anilines is 1. The standard InChI is InChI=1S/C19H32N2/c1-6-19(5,13-20-15(2)3)14-21-11-7-8-17-12-16(4)9-10-18(17)21/h9-10,12,15,20H,6-8,11,13-14H2,1-5H3. The monoisotopic (exact) mass is 288 g/mol. The van der Waals surface area contributed by atoms with Crippen molar-refractivity contribution in [1.29, 1.82) is 0 Å². The van der Waals surface area contributed by atoms with Crippen LogP contribution in [-0.4, -0.2) is 25.7 Å². The highest BCUT2D eigenvalue weighted by Crippen LogP contribution is 2.32. The quantitative estimate of drug-likeness (QED) is 0.845. The van der Waals surface area contributed by atoms with Gasteiger partial charge in [0.15, 0.2) is 0 Å². The summed E-state index contributed by atoms with van der Waals surface area (Å²) in [4.78, 5) is 2.61. The molecule has 0 saturated heterocycles. The summed E-state index contributed by atoms with van der Waals surface area (Å²) < 4.78 is 0. The van der Waals surface area contributed by atoms with Crippen LogP contribution in [0.25, 0.3) is 0 Å². The molecule has 0 spiro atoms. The fourth-order valence-electron chi connectivity index (χ4n) is 3.17. The second-order valence-corrected chi connectivity index (χ2v) is 7.36. The molecule has 0 saturated carbocycles. The van der Waals surface area contributed by atoms with Crippen molar-refractivity contribution in [2.75, 3.05) is 24.5 Å². The zero-order valence-corrected chi connectivity index (χ0v) is 14.5. The van der Waals surface area contributed by atoms with Gasteiger partial charge in [-0.25, -0.2) is 0 Å². The first-order valence-corrected chi connectivity index (χ1v) is 8.51. The molecule has 1 aromatic rings. The topological polar surface area (TPSA) is 15.3 Å². The minimum absolute atomic E-state index is 0.337. The molecule has 1 aliphatic rings. The molecule has 21 heavy (non-hydrogen) atoms. The van der Waals surface area contributed by atoms with Crippen molar-refractivity contribution in [1.82, 2.24) is 5.32 Å². The number of aryl methyl sites for hydroxylation is 2. The molecule has 118 valence electrons. The Morgan fingerprint density at radius 2 is 2.10 bits per heavy atom. The van der Waals surface area contributed by atoms with Crippen LogP contribution >= 0.6 is 0 Å². The second kappa shape index (κ2) is 6.83. The summed E-state index contributed by atoms with van der Waals surface area (Å²) in [5, 5.41) is 3.63. The Labute approximate surface area is 130 Å². The fourth-order valence-corrected chi connectivity index (χ4v) is 3.17. The molecular formula is C19H32N2. The van der Waals surface area contributed by atoms with Crippen molar-refractivity contribution >= 4 is 5.69 Å². The van der Waals surface area contributed by atoms with Gasteiger partial charge in [0.2, 0.25) is 0 Å². The highest BCUT2D eigenvalue weighted by atomic mass is 15.1. The molecule has 2 nitrogen and oxygen atoms in total. The minimum atomic E-state index is 0.337. The van der Waals surface area contributed by atoms with E-state index in [0.717, 1.165) is 13.1 Å². The summed E-state index contributed by atoms with van der Waals surface area (Å²) >= 11 is 0. The van der Waals surface area contributed by atoms with E-state index in [1.807, 2.05) is 0 Å². The maximum Gasteiger partial charge on any atom is 0.0399 e. The van der Waals surface area contributed by atoms with Gasteiger partial charge in [0.05, 0.1) is 0 Å². The molecule has 0 radical (unpaired) electrons. The van der Waals surface area contributed by atoms with Crippen molar-refractivity contribution in [2.24, 2.45) is 5.41 Å². The van der Waals surface area contributed by atoms with Crippen LogP contribution in [0.5, 0.6) is 0 Å². The van der Waals surface area contributed by atoms with Crippen LogP contribution in [0, 0.1) is 12.3 Å². The van der Waals surface area contributed by atoms with E-state index in [9.17, 15) is 0 Å². The first kappa shape index (κ1) is 16.4. The molecule has 2 heteroatoms. The minimum Gasteiger partial charge on any atom is -0.371 e. The van der Waals surface area contributed by atoms with E-state index in [0.29, 0.717) is 11.5 Å². The zero-order valence-electron chi connectivity index (χ0n) is 14.5. The Bertz CT molecular complexity index is 467. The summed E-state index contributed by atoms with van der Waals surface area (Å²) in [6.45, 7) is 14.9. The molecule has 0 bridgehead atoms. The average Bonchev–Trinajstić information content (AvgIpc) is 2.45. The summed E-state index contributed by atoms with van der Waals surface area (Å²) in [6, 6.07) is 7.52. The normalized spacial score (nSPS) is 17.7. The molecule has 1 heterocycles. The van der Waals surface area contributed by atoms with E-state index in [1.54, 1.807) is 0 Å². The molecule has 2 rings (SSSR count). The summed E-state index contributed by atoms with van der Waals surface area (Å²) in [5.41, 5.74) is 4.73. The maximum absolute atomic E-state index is 3.63. The predicted molar refractivity (Wildman–Crippen MR) is 93.2 cm³/mol. The van der Waals surface area contributed by atoms with E-state index in [1.165, 1.54) is 42.6 Å². The molecule has 1 aromatic carbocycles. The lowest BCUT2D eigenvalue weighted by molar-refractivity contribution is 0.284. The lowest BCUT2D eigenvalue weighted by Crippen LogP contribution is -2.45. The van der Waals surface area contributed by atoms with E-state index in [4.69, 9.17) is 0 Å². The van der Waals surface area contributed by atoms with Gasteiger partial charge in [-0.2, -0.15) is 0 Å². The molecule has 1 aliphatic heterocycles. The molecule has 1 atom stereocenters. The van der Waals surface area contributed by atoms with E-state index in [2.05, 4.69) is 63.0 Å². The van der Waals surface area contributed by atoms with Crippen molar-refractivity contribution in [3.8, 4) is 0 Å². The largest absolute Gasteiger partial charge is 0.371 e. The Morgan fingerprint density at radius 1 is 1.33 bits per heavy atom. The molecule has 1 N–H and O–H groups in total. The molecule has 1 unspecified atom stereocenters. The number of benzene rings is 1. The average molecular weight is 288 g/mol. The van der Waals surface area contributed by atoms with Gasteiger partial charge in [-0.15, -0.1) is 0 Å². The Kier molecular flexibility index (Phi) is 5.32. The third kappa shape index (κ3) is 4.23. The molecule has 0 aliphatic carbocycles. The van der Waals surface area contributed by atoms with Gasteiger partial charge >= 0.3 is 0 Å². The van der Waals surface area contributed by atoms with Crippen molar-refractivity contribution in [3.05, 3.63) is 29.3 Å². The predicted octanol–water partition coefficient (Wildman–Crippen LogP) is 4.16. The Hall–Kier alpha value is -1.02. The number of hydrogen-bond acceptors (Lipinski definition) is 2. The number of hydrogen-bond donors (Lipinski definition) is 1.